The Labute approximate surface area is 198 Å². The van der Waals surface area contributed by atoms with E-state index in [9.17, 15) is 27.2 Å². The first-order chi connectivity index (χ1) is 16.0. The molecule has 2 heterocycles. The van der Waals surface area contributed by atoms with Crippen molar-refractivity contribution >= 4 is 40.5 Å². The van der Waals surface area contributed by atoms with E-state index in [4.69, 9.17) is 17.5 Å². The van der Waals surface area contributed by atoms with Gasteiger partial charge in [-0.1, -0.05) is 6.92 Å². The predicted octanol–water partition coefficient (Wildman–Crippen LogP) is 4.03. The van der Waals surface area contributed by atoms with Crippen LogP contribution in [0.3, 0.4) is 0 Å². The molecule has 178 valence electrons. The number of alkyl halides is 3. The monoisotopic (exact) mass is 493 g/mol. The van der Waals surface area contributed by atoms with E-state index >= 15 is 0 Å². The Morgan fingerprint density at radius 1 is 1.29 bits per heavy atom. The van der Waals surface area contributed by atoms with Gasteiger partial charge in [0.15, 0.2) is 10.8 Å². The van der Waals surface area contributed by atoms with E-state index in [1.807, 2.05) is 0 Å². The number of hydrogen-bond acceptors (Lipinski definition) is 5. The van der Waals surface area contributed by atoms with E-state index in [1.54, 1.807) is 6.92 Å². The van der Waals surface area contributed by atoms with Crippen molar-refractivity contribution in [3.63, 3.8) is 0 Å². The predicted molar refractivity (Wildman–Crippen MR) is 120 cm³/mol. The van der Waals surface area contributed by atoms with Gasteiger partial charge in [0, 0.05) is 25.7 Å². The van der Waals surface area contributed by atoms with Crippen LogP contribution in [0, 0.1) is 23.1 Å². The topological polar surface area (TPSA) is 89.3 Å². The number of nitrogens with one attached hydrogen (secondary N) is 1. The maximum atomic E-state index is 14.6. The quantitative estimate of drug-likeness (QED) is 0.513. The first-order valence-corrected chi connectivity index (χ1v) is 10.5. The Bertz CT molecular complexity index is 1190. The lowest BCUT2D eigenvalue weighted by Gasteiger charge is -2.36. The molecule has 2 aromatic rings. The lowest BCUT2D eigenvalue weighted by molar-refractivity contribution is -0.138. The van der Waals surface area contributed by atoms with Crippen LogP contribution in [-0.2, 0) is 11.0 Å². The standard InChI is InChI=1S/C22H19F4N5O2S/c1-12-5-6-30(13-3-4-15(17(23)9-13)20(33)28-2)21(34)31(19(32)7-12)14-8-16(22(24,25)26)18(10-27)29-11-14/h3-4,8-9,11-12H,5-7H2,1-2H3,(H,28,33). The second kappa shape index (κ2) is 9.72. The zero-order valence-electron chi connectivity index (χ0n) is 18.1. The van der Waals surface area contributed by atoms with E-state index in [0.717, 1.165) is 17.2 Å². The van der Waals surface area contributed by atoms with Gasteiger partial charge in [0.2, 0.25) is 5.91 Å². The van der Waals surface area contributed by atoms with Crippen molar-refractivity contribution in [2.24, 2.45) is 5.92 Å². The van der Waals surface area contributed by atoms with E-state index < -0.39 is 35.1 Å². The Kier molecular flexibility index (Phi) is 7.16. The number of benzene rings is 1. The molecule has 34 heavy (non-hydrogen) atoms. The highest BCUT2D eigenvalue weighted by molar-refractivity contribution is 7.81. The molecule has 1 aliphatic heterocycles. The average molecular weight is 493 g/mol. The summed E-state index contributed by atoms with van der Waals surface area (Å²) >= 11 is 5.48. The molecule has 0 radical (unpaired) electrons. The summed E-state index contributed by atoms with van der Waals surface area (Å²) in [5.74, 6) is -2.17. The number of aromatic nitrogens is 1. The summed E-state index contributed by atoms with van der Waals surface area (Å²) in [5, 5.41) is 11.2. The van der Waals surface area contributed by atoms with Gasteiger partial charge in [-0.2, -0.15) is 18.4 Å². The maximum absolute atomic E-state index is 14.6. The number of thiocarbonyl (C=S) groups is 1. The third-order valence-electron chi connectivity index (χ3n) is 5.32. The molecular weight excluding hydrogens is 474 g/mol. The highest BCUT2D eigenvalue weighted by Gasteiger charge is 2.37. The van der Waals surface area contributed by atoms with Crippen molar-refractivity contribution in [3.8, 4) is 6.07 Å². The van der Waals surface area contributed by atoms with Crippen LogP contribution in [0.5, 0.6) is 0 Å². The lowest BCUT2D eigenvalue weighted by Crippen LogP contribution is -2.49. The van der Waals surface area contributed by atoms with Gasteiger partial charge in [-0.15, -0.1) is 0 Å². The number of carbonyl (C=O) groups excluding carboxylic acids is 2. The van der Waals surface area contributed by atoms with Gasteiger partial charge in [-0.25, -0.2) is 9.37 Å². The van der Waals surface area contributed by atoms with Gasteiger partial charge >= 0.3 is 6.18 Å². The molecule has 1 aromatic carbocycles. The van der Waals surface area contributed by atoms with E-state index in [1.165, 1.54) is 30.1 Å². The highest BCUT2D eigenvalue weighted by Crippen LogP contribution is 2.35. The molecule has 1 unspecified atom stereocenters. The molecule has 0 bridgehead atoms. The third kappa shape index (κ3) is 4.99. The van der Waals surface area contributed by atoms with Crippen molar-refractivity contribution < 1.29 is 27.2 Å². The molecule has 7 nitrogen and oxygen atoms in total. The molecule has 1 fully saturated rings. The maximum Gasteiger partial charge on any atom is 0.419 e. The van der Waals surface area contributed by atoms with Crippen LogP contribution in [0.25, 0.3) is 0 Å². The number of pyridine rings is 1. The van der Waals surface area contributed by atoms with Crippen LogP contribution in [-0.4, -0.2) is 35.5 Å². The van der Waals surface area contributed by atoms with Crippen LogP contribution in [0.4, 0.5) is 28.9 Å². The van der Waals surface area contributed by atoms with Crippen molar-refractivity contribution in [1.29, 1.82) is 5.26 Å². The number of carbonyl (C=O) groups is 2. The molecule has 0 saturated carbocycles. The summed E-state index contributed by atoms with van der Waals surface area (Å²) in [7, 11) is 1.36. The zero-order chi connectivity index (χ0) is 25.2. The van der Waals surface area contributed by atoms with Gasteiger partial charge < -0.3 is 10.2 Å². The molecule has 0 spiro atoms. The second-order valence-electron chi connectivity index (χ2n) is 7.70. The van der Waals surface area contributed by atoms with Crippen LogP contribution >= 0.6 is 12.2 Å². The molecule has 1 saturated heterocycles. The SMILES string of the molecule is CNC(=O)c1ccc(N2CCC(C)CC(=O)N(c3cnc(C#N)c(C(F)(F)F)c3)C2=S)cc1F. The molecule has 1 N–H and O–H groups in total. The first kappa shape index (κ1) is 25.0. The number of anilines is 2. The van der Waals surface area contributed by atoms with Crippen LogP contribution in [0.15, 0.2) is 30.5 Å². The fourth-order valence-corrected chi connectivity index (χ4v) is 3.93. The molecule has 2 amide bonds. The molecular formula is C22H19F4N5O2S. The number of rotatable bonds is 3. The van der Waals surface area contributed by atoms with Crippen molar-refractivity contribution in [1.82, 2.24) is 10.3 Å². The minimum Gasteiger partial charge on any atom is -0.355 e. The Balaban J connectivity index is 2.10. The molecule has 3 rings (SSSR count). The van der Waals surface area contributed by atoms with Crippen LogP contribution in [0.1, 0.15) is 41.4 Å². The van der Waals surface area contributed by atoms with Crippen molar-refractivity contribution in [3.05, 3.63) is 53.1 Å². The Morgan fingerprint density at radius 3 is 2.59 bits per heavy atom. The first-order valence-electron chi connectivity index (χ1n) is 10.1. The summed E-state index contributed by atoms with van der Waals surface area (Å²) in [4.78, 5) is 30.8. The number of nitrogens with zero attached hydrogens (tertiary/aromatic N) is 4. The van der Waals surface area contributed by atoms with Crippen molar-refractivity contribution in [2.45, 2.75) is 25.9 Å². The van der Waals surface area contributed by atoms with Crippen molar-refractivity contribution in [2.75, 3.05) is 23.4 Å². The molecule has 12 heteroatoms. The summed E-state index contributed by atoms with van der Waals surface area (Å²) in [5.41, 5.74) is -2.37. The molecule has 1 aliphatic rings. The number of hydrogen-bond donors (Lipinski definition) is 1. The molecule has 1 aromatic heterocycles. The largest absolute Gasteiger partial charge is 0.419 e. The minimum absolute atomic E-state index is 0.0132. The van der Waals surface area contributed by atoms with Gasteiger partial charge in [-0.05, 0) is 48.8 Å². The van der Waals surface area contributed by atoms with Crippen LogP contribution < -0.4 is 15.1 Å². The molecule has 1 atom stereocenters. The Morgan fingerprint density at radius 2 is 2.00 bits per heavy atom. The van der Waals surface area contributed by atoms with Crippen LogP contribution in [0.2, 0.25) is 0 Å². The van der Waals surface area contributed by atoms with E-state index in [0.29, 0.717) is 12.5 Å². The van der Waals surface area contributed by atoms with Gasteiger partial charge in [-0.3, -0.25) is 14.5 Å². The Hall–Kier alpha value is -3.59. The fraction of sp³-hybridized carbons (Fsp3) is 0.318. The summed E-state index contributed by atoms with van der Waals surface area (Å²) in [6.45, 7) is 2.05. The fourth-order valence-electron chi connectivity index (χ4n) is 3.53. The zero-order valence-corrected chi connectivity index (χ0v) is 18.9. The minimum atomic E-state index is -4.88. The third-order valence-corrected chi connectivity index (χ3v) is 5.72. The number of amides is 2. The highest BCUT2D eigenvalue weighted by atomic mass is 32.1. The van der Waals surface area contributed by atoms with E-state index in [2.05, 4.69) is 10.3 Å². The van der Waals surface area contributed by atoms with E-state index in [-0.39, 0.29) is 40.9 Å². The number of nitriles is 1. The smallest absolute Gasteiger partial charge is 0.355 e. The normalized spacial score (nSPS) is 17.1. The molecule has 0 aliphatic carbocycles. The second-order valence-corrected chi connectivity index (χ2v) is 8.07. The average Bonchev–Trinajstić information content (AvgIpc) is 2.77. The summed E-state index contributed by atoms with van der Waals surface area (Å²) in [6.07, 6.45) is -3.40. The van der Waals surface area contributed by atoms with Gasteiger partial charge in [0.05, 0.1) is 23.0 Å². The van der Waals surface area contributed by atoms with Gasteiger partial charge in [0.1, 0.15) is 11.9 Å². The van der Waals surface area contributed by atoms with Gasteiger partial charge in [0.25, 0.3) is 5.91 Å². The number of halogens is 4. The summed E-state index contributed by atoms with van der Waals surface area (Å²) in [6, 6.07) is 5.81. The summed E-state index contributed by atoms with van der Waals surface area (Å²) < 4.78 is 55.1. The lowest BCUT2D eigenvalue weighted by atomic mass is 10.0.